The molecule has 2 atom stereocenters. The van der Waals surface area contributed by atoms with Crippen LogP contribution in [0.25, 0.3) is 0 Å². The average Bonchev–Trinajstić information content (AvgIpc) is 2.90. The van der Waals surface area contributed by atoms with Crippen LogP contribution in [0, 0.1) is 11.8 Å². The number of carbonyl (C=O) groups is 1. The molecule has 0 N–H and O–H groups in total. The molecular formula is C10H19NO4S. The quantitative estimate of drug-likeness (QED) is 0.710. The van der Waals surface area contributed by atoms with Gasteiger partial charge >= 0.3 is 0 Å². The van der Waals surface area contributed by atoms with E-state index in [0.717, 1.165) is 17.0 Å². The van der Waals surface area contributed by atoms with Crippen molar-refractivity contribution in [2.75, 3.05) is 19.9 Å². The molecule has 1 amide bonds. The lowest BCUT2D eigenvalue weighted by Gasteiger charge is -2.14. The van der Waals surface area contributed by atoms with Gasteiger partial charge in [0.25, 0.3) is 0 Å². The number of sulfonamides is 1. The van der Waals surface area contributed by atoms with E-state index in [-0.39, 0.29) is 23.8 Å². The van der Waals surface area contributed by atoms with Gasteiger partial charge in [-0.2, -0.15) is 0 Å². The second-order valence-corrected chi connectivity index (χ2v) is 6.57. The molecule has 16 heavy (non-hydrogen) atoms. The summed E-state index contributed by atoms with van der Waals surface area (Å²) in [7, 11) is -2.12. The molecule has 0 unspecified atom stereocenters. The smallest absolute Gasteiger partial charge is 0.239 e. The highest BCUT2D eigenvalue weighted by molar-refractivity contribution is 7.88. The van der Waals surface area contributed by atoms with E-state index in [1.165, 1.54) is 7.05 Å². The molecule has 1 saturated carbocycles. The van der Waals surface area contributed by atoms with Crippen molar-refractivity contribution < 1.29 is 17.9 Å². The molecule has 0 bridgehead atoms. The van der Waals surface area contributed by atoms with Gasteiger partial charge in [0.05, 0.1) is 19.0 Å². The Morgan fingerprint density at radius 1 is 1.50 bits per heavy atom. The molecule has 0 heterocycles. The van der Waals surface area contributed by atoms with Crippen LogP contribution < -0.4 is 0 Å². The minimum atomic E-state index is -3.42. The van der Waals surface area contributed by atoms with Gasteiger partial charge in [0, 0.05) is 13.0 Å². The molecule has 0 radical (unpaired) electrons. The van der Waals surface area contributed by atoms with Crippen LogP contribution in [0.2, 0.25) is 0 Å². The summed E-state index contributed by atoms with van der Waals surface area (Å²) >= 11 is 0. The minimum Gasteiger partial charge on any atom is -0.378 e. The van der Waals surface area contributed by atoms with Crippen LogP contribution in [0.3, 0.4) is 0 Å². The van der Waals surface area contributed by atoms with Crippen molar-refractivity contribution in [1.29, 1.82) is 0 Å². The fraction of sp³-hybridized carbons (Fsp3) is 0.900. The highest BCUT2D eigenvalue weighted by Gasteiger charge is 2.45. The van der Waals surface area contributed by atoms with Gasteiger partial charge in [-0.25, -0.2) is 12.7 Å². The van der Waals surface area contributed by atoms with Crippen LogP contribution in [0.15, 0.2) is 0 Å². The van der Waals surface area contributed by atoms with Gasteiger partial charge in [0.1, 0.15) is 0 Å². The summed E-state index contributed by atoms with van der Waals surface area (Å²) in [6.07, 6.45) is 1.90. The molecule has 0 spiro atoms. The molecule has 94 valence electrons. The van der Waals surface area contributed by atoms with E-state index >= 15 is 0 Å². The second kappa shape index (κ2) is 4.71. The van der Waals surface area contributed by atoms with Crippen molar-refractivity contribution in [1.82, 2.24) is 4.31 Å². The zero-order chi connectivity index (χ0) is 12.5. The summed E-state index contributed by atoms with van der Waals surface area (Å²) in [5.74, 6) is -0.322. The first kappa shape index (κ1) is 13.4. The Morgan fingerprint density at radius 2 is 2.06 bits per heavy atom. The minimum absolute atomic E-state index is 0.143. The highest BCUT2D eigenvalue weighted by atomic mass is 32.2. The molecule has 0 aromatic heterocycles. The predicted octanol–water partition coefficient (Wildman–Crippen LogP) is 0.466. The second-order valence-electron chi connectivity index (χ2n) is 4.55. The van der Waals surface area contributed by atoms with Gasteiger partial charge in [-0.1, -0.05) is 0 Å². The Hall–Kier alpha value is -0.620. The van der Waals surface area contributed by atoms with Crippen molar-refractivity contribution in [2.45, 2.75) is 26.4 Å². The number of hydrogen-bond donors (Lipinski definition) is 0. The first-order valence-corrected chi connectivity index (χ1v) is 7.17. The van der Waals surface area contributed by atoms with Gasteiger partial charge < -0.3 is 4.74 Å². The topological polar surface area (TPSA) is 63.7 Å². The molecule has 5 nitrogen and oxygen atoms in total. The Balaban J connectivity index is 2.43. The monoisotopic (exact) mass is 249 g/mol. The first-order valence-electron chi connectivity index (χ1n) is 5.32. The molecule has 0 aromatic carbocycles. The van der Waals surface area contributed by atoms with E-state index in [4.69, 9.17) is 4.74 Å². The average molecular weight is 249 g/mol. The third kappa shape index (κ3) is 3.45. The van der Waals surface area contributed by atoms with E-state index in [1.807, 2.05) is 13.8 Å². The normalized spacial score (nSPS) is 24.6. The third-order valence-electron chi connectivity index (χ3n) is 2.69. The number of ether oxygens (including phenoxy) is 1. The van der Waals surface area contributed by atoms with Crippen LogP contribution in [0.1, 0.15) is 20.3 Å². The van der Waals surface area contributed by atoms with Gasteiger partial charge in [-0.3, -0.25) is 4.79 Å². The Labute approximate surface area is 96.8 Å². The molecule has 0 saturated heterocycles. The van der Waals surface area contributed by atoms with Gasteiger partial charge in [-0.15, -0.1) is 0 Å². The summed E-state index contributed by atoms with van der Waals surface area (Å²) in [5, 5.41) is 0. The fourth-order valence-electron chi connectivity index (χ4n) is 1.45. The standard InChI is InChI=1S/C10H19NO4S/c1-7(2)15-6-8-5-9(8)10(12)11(3)16(4,13)14/h7-9H,5-6H2,1-4H3/t8-,9+/m0/s1. The lowest BCUT2D eigenvalue weighted by Crippen LogP contribution is -2.34. The molecular weight excluding hydrogens is 230 g/mol. The molecule has 1 aliphatic carbocycles. The number of nitrogens with zero attached hydrogens (tertiary/aromatic N) is 1. The number of rotatable bonds is 5. The largest absolute Gasteiger partial charge is 0.378 e. The van der Waals surface area contributed by atoms with Crippen LogP contribution in [-0.4, -0.2) is 44.6 Å². The van der Waals surface area contributed by atoms with Crippen molar-refractivity contribution >= 4 is 15.9 Å². The molecule has 1 rings (SSSR count). The predicted molar refractivity (Wildman–Crippen MR) is 60.3 cm³/mol. The maximum atomic E-state index is 11.7. The summed E-state index contributed by atoms with van der Waals surface area (Å²) < 4.78 is 28.5. The van der Waals surface area contributed by atoms with Crippen molar-refractivity contribution in [3.63, 3.8) is 0 Å². The van der Waals surface area contributed by atoms with E-state index in [2.05, 4.69) is 0 Å². The van der Waals surface area contributed by atoms with Crippen LogP contribution in [0.5, 0.6) is 0 Å². The van der Waals surface area contributed by atoms with Crippen molar-refractivity contribution in [2.24, 2.45) is 11.8 Å². The number of amides is 1. The Kier molecular flexibility index (Phi) is 3.96. The number of carbonyl (C=O) groups excluding carboxylic acids is 1. The summed E-state index contributed by atoms with van der Waals surface area (Å²) in [6.45, 7) is 4.40. The zero-order valence-electron chi connectivity index (χ0n) is 10.1. The maximum absolute atomic E-state index is 11.7. The van der Waals surface area contributed by atoms with Crippen LogP contribution in [-0.2, 0) is 19.6 Å². The molecule has 1 fully saturated rings. The first-order chi connectivity index (χ1) is 7.23. The highest BCUT2D eigenvalue weighted by Crippen LogP contribution is 2.40. The van der Waals surface area contributed by atoms with Crippen LogP contribution >= 0.6 is 0 Å². The van der Waals surface area contributed by atoms with Gasteiger partial charge in [0.2, 0.25) is 15.9 Å². The van der Waals surface area contributed by atoms with E-state index in [0.29, 0.717) is 6.61 Å². The maximum Gasteiger partial charge on any atom is 0.239 e. The van der Waals surface area contributed by atoms with Crippen LogP contribution in [0.4, 0.5) is 0 Å². The van der Waals surface area contributed by atoms with Crippen molar-refractivity contribution in [3.8, 4) is 0 Å². The van der Waals surface area contributed by atoms with E-state index in [1.54, 1.807) is 0 Å². The zero-order valence-corrected chi connectivity index (χ0v) is 11.0. The summed E-state index contributed by atoms with van der Waals surface area (Å²) in [6, 6.07) is 0. The summed E-state index contributed by atoms with van der Waals surface area (Å²) in [5.41, 5.74) is 0. The summed E-state index contributed by atoms with van der Waals surface area (Å²) in [4.78, 5) is 11.7. The molecule has 0 aromatic rings. The number of hydrogen-bond acceptors (Lipinski definition) is 4. The SMILES string of the molecule is CC(C)OC[C@@H]1C[C@H]1C(=O)N(C)S(C)(=O)=O. The van der Waals surface area contributed by atoms with Gasteiger partial charge in [-0.05, 0) is 26.2 Å². The van der Waals surface area contributed by atoms with Crippen molar-refractivity contribution in [3.05, 3.63) is 0 Å². The molecule has 0 aliphatic heterocycles. The third-order valence-corrected chi connectivity index (χ3v) is 3.87. The van der Waals surface area contributed by atoms with Gasteiger partial charge in [0.15, 0.2) is 0 Å². The van der Waals surface area contributed by atoms with E-state index < -0.39 is 10.0 Å². The molecule has 6 heteroatoms. The fourth-order valence-corrected chi connectivity index (χ4v) is 1.91. The lowest BCUT2D eigenvalue weighted by molar-refractivity contribution is -0.127. The molecule has 1 aliphatic rings. The lowest BCUT2D eigenvalue weighted by atomic mass is 10.3. The Morgan fingerprint density at radius 3 is 2.50 bits per heavy atom. The van der Waals surface area contributed by atoms with E-state index in [9.17, 15) is 13.2 Å². The Bertz CT molecular complexity index is 363.